The number of piperazine rings is 1. The van der Waals surface area contributed by atoms with Gasteiger partial charge in [-0.05, 0) is 12.8 Å². The molecule has 0 spiro atoms. The van der Waals surface area contributed by atoms with Crippen LogP contribution >= 0.6 is 24.8 Å². The second kappa shape index (κ2) is 10.3. The highest BCUT2D eigenvalue weighted by atomic mass is 35.5. The first-order chi connectivity index (χ1) is 9.61. The summed E-state index contributed by atoms with van der Waals surface area (Å²) in [6.45, 7) is 7.54. The van der Waals surface area contributed by atoms with Gasteiger partial charge in [-0.1, -0.05) is 6.92 Å². The van der Waals surface area contributed by atoms with E-state index in [1.807, 2.05) is 16.7 Å². The van der Waals surface area contributed by atoms with Crippen molar-refractivity contribution in [1.82, 2.24) is 14.7 Å². The third-order valence-corrected chi connectivity index (χ3v) is 4.28. The van der Waals surface area contributed by atoms with Crippen LogP contribution in [-0.4, -0.2) is 78.9 Å². The molecule has 0 saturated carbocycles. The molecule has 2 amide bonds. The van der Waals surface area contributed by atoms with Gasteiger partial charge < -0.3 is 15.5 Å². The zero-order valence-corrected chi connectivity index (χ0v) is 14.8. The smallest absolute Gasteiger partial charge is 0.236 e. The fraction of sp³-hybridized carbons (Fsp3) is 0.857. The van der Waals surface area contributed by atoms with Gasteiger partial charge in [0.05, 0.1) is 6.54 Å². The summed E-state index contributed by atoms with van der Waals surface area (Å²) in [5, 5.41) is 0. The van der Waals surface area contributed by atoms with E-state index >= 15 is 0 Å². The molecule has 2 saturated heterocycles. The van der Waals surface area contributed by atoms with Crippen LogP contribution in [0.1, 0.15) is 19.8 Å². The highest BCUT2D eigenvalue weighted by Gasteiger charge is 2.26. The Bertz CT molecular complexity index is 357. The van der Waals surface area contributed by atoms with Gasteiger partial charge in [-0.2, -0.15) is 0 Å². The van der Waals surface area contributed by atoms with Gasteiger partial charge in [0.2, 0.25) is 11.8 Å². The summed E-state index contributed by atoms with van der Waals surface area (Å²) in [6.07, 6.45) is 2.26. The van der Waals surface area contributed by atoms with Crippen LogP contribution in [0.15, 0.2) is 0 Å². The first-order valence-electron chi connectivity index (χ1n) is 7.61. The Kier molecular flexibility index (Phi) is 10.00. The van der Waals surface area contributed by atoms with E-state index in [-0.39, 0.29) is 42.5 Å². The first kappa shape index (κ1) is 21.4. The molecule has 2 fully saturated rings. The van der Waals surface area contributed by atoms with Gasteiger partial charge in [-0.25, -0.2) is 0 Å². The predicted octanol–water partition coefficient (Wildman–Crippen LogP) is 0.191. The minimum Gasteiger partial charge on any atom is -0.342 e. The maximum absolute atomic E-state index is 12.1. The molecule has 2 N–H and O–H groups in total. The Morgan fingerprint density at radius 1 is 0.955 bits per heavy atom. The van der Waals surface area contributed by atoms with Gasteiger partial charge in [-0.15, -0.1) is 24.8 Å². The van der Waals surface area contributed by atoms with Crippen molar-refractivity contribution in [3.05, 3.63) is 0 Å². The molecular weight excluding hydrogens is 327 g/mol. The number of halogens is 2. The van der Waals surface area contributed by atoms with E-state index in [0.717, 1.165) is 39.0 Å². The SMILES string of the molecule is CC(CN)C(=O)N1CCN(CC(=O)N2CCCC2)CC1.Cl.Cl. The van der Waals surface area contributed by atoms with Crippen LogP contribution < -0.4 is 5.73 Å². The third kappa shape index (κ3) is 5.57. The molecule has 8 heteroatoms. The number of rotatable bonds is 4. The summed E-state index contributed by atoms with van der Waals surface area (Å²) >= 11 is 0. The first-order valence-corrected chi connectivity index (χ1v) is 7.61. The molecule has 6 nitrogen and oxygen atoms in total. The summed E-state index contributed by atoms with van der Waals surface area (Å²) < 4.78 is 0. The molecule has 0 aromatic carbocycles. The molecule has 1 atom stereocenters. The van der Waals surface area contributed by atoms with Crippen LogP contribution in [0, 0.1) is 5.92 Å². The lowest BCUT2D eigenvalue weighted by Crippen LogP contribution is -2.52. The lowest BCUT2D eigenvalue weighted by atomic mass is 10.1. The van der Waals surface area contributed by atoms with Gasteiger partial charge >= 0.3 is 0 Å². The second-order valence-corrected chi connectivity index (χ2v) is 5.83. The number of hydrogen-bond donors (Lipinski definition) is 1. The summed E-state index contributed by atoms with van der Waals surface area (Å²) in [4.78, 5) is 30.1. The van der Waals surface area contributed by atoms with Crippen molar-refractivity contribution < 1.29 is 9.59 Å². The number of carbonyl (C=O) groups excluding carboxylic acids is 2. The summed E-state index contributed by atoms with van der Waals surface area (Å²) in [6, 6.07) is 0. The Morgan fingerprint density at radius 3 is 2.00 bits per heavy atom. The van der Waals surface area contributed by atoms with Crippen LogP contribution in [0.25, 0.3) is 0 Å². The van der Waals surface area contributed by atoms with Crippen LogP contribution in [0.5, 0.6) is 0 Å². The van der Waals surface area contributed by atoms with Crippen molar-refractivity contribution in [2.24, 2.45) is 11.7 Å². The topological polar surface area (TPSA) is 69.9 Å². The summed E-state index contributed by atoms with van der Waals surface area (Å²) in [5.74, 6) is 0.267. The van der Waals surface area contributed by atoms with Crippen LogP contribution in [-0.2, 0) is 9.59 Å². The van der Waals surface area contributed by atoms with Crippen LogP contribution in [0.2, 0.25) is 0 Å². The molecule has 22 heavy (non-hydrogen) atoms. The summed E-state index contributed by atoms with van der Waals surface area (Å²) in [5.41, 5.74) is 5.53. The van der Waals surface area contributed by atoms with Crippen molar-refractivity contribution in [1.29, 1.82) is 0 Å². The lowest BCUT2D eigenvalue weighted by Gasteiger charge is -2.36. The molecule has 0 radical (unpaired) electrons. The van der Waals surface area contributed by atoms with Crippen molar-refractivity contribution >= 4 is 36.6 Å². The number of carbonyl (C=O) groups is 2. The van der Waals surface area contributed by atoms with E-state index in [9.17, 15) is 9.59 Å². The third-order valence-electron chi connectivity index (χ3n) is 4.28. The quantitative estimate of drug-likeness (QED) is 0.782. The lowest BCUT2D eigenvalue weighted by molar-refractivity contribution is -0.137. The van der Waals surface area contributed by atoms with E-state index in [1.54, 1.807) is 0 Å². The van der Waals surface area contributed by atoms with Crippen molar-refractivity contribution in [3.63, 3.8) is 0 Å². The van der Waals surface area contributed by atoms with Gasteiger partial charge in [0, 0.05) is 51.7 Å². The highest BCUT2D eigenvalue weighted by molar-refractivity contribution is 5.85. The minimum absolute atomic E-state index is 0. The van der Waals surface area contributed by atoms with E-state index < -0.39 is 0 Å². The van der Waals surface area contributed by atoms with Crippen molar-refractivity contribution in [2.45, 2.75) is 19.8 Å². The molecule has 130 valence electrons. The van der Waals surface area contributed by atoms with Crippen LogP contribution in [0.3, 0.4) is 0 Å². The maximum Gasteiger partial charge on any atom is 0.236 e. The molecule has 0 aromatic heterocycles. The molecule has 1 unspecified atom stereocenters. The van der Waals surface area contributed by atoms with Gasteiger partial charge in [0.25, 0.3) is 0 Å². The number of nitrogens with two attached hydrogens (primary N) is 1. The zero-order valence-electron chi connectivity index (χ0n) is 13.2. The maximum atomic E-state index is 12.1. The minimum atomic E-state index is -0.104. The fourth-order valence-electron chi connectivity index (χ4n) is 2.80. The van der Waals surface area contributed by atoms with E-state index in [4.69, 9.17) is 5.73 Å². The van der Waals surface area contributed by atoms with E-state index in [0.29, 0.717) is 26.2 Å². The molecule has 2 aliphatic rings. The van der Waals surface area contributed by atoms with E-state index in [1.165, 1.54) is 0 Å². The normalized spacial score (nSPS) is 20.1. The Hall–Kier alpha value is -0.560. The monoisotopic (exact) mass is 354 g/mol. The molecule has 0 aliphatic carbocycles. The largest absolute Gasteiger partial charge is 0.342 e. The average Bonchev–Trinajstić information content (AvgIpc) is 3.01. The zero-order chi connectivity index (χ0) is 14.5. The Balaban J connectivity index is 0.00000220. The molecule has 0 aromatic rings. The average molecular weight is 355 g/mol. The van der Waals surface area contributed by atoms with Gasteiger partial charge in [0.15, 0.2) is 0 Å². The molecule has 0 bridgehead atoms. The van der Waals surface area contributed by atoms with Crippen LogP contribution in [0.4, 0.5) is 0 Å². The highest BCUT2D eigenvalue weighted by Crippen LogP contribution is 2.10. The Labute approximate surface area is 145 Å². The second-order valence-electron chi connectivity index (χ2n) is 5.83. The van der Waals surface area contributed by atoms with Crippen molar-refractivity contribution in [3.8, 4) is 0 Å². The van der Waals surface area contributed by atoms with Gasteiger partial charge in [-0.3, -0.25) is 14.5 Å². The molecular formula is C14H28Cl2N4O2. The molecule has 2 aliphatic heterocycles. The predicted molar refractivity (Wildman–Crippen MR) is 91.5 cm³/mol. The number of amides is 2. The standard InChI is InChI=1S/C14H26N4O2.2ClH/c1-12(10-15)14(20)18-8-6-16(7-9-18)11-13(19)17-4-2-3-5-17;;/h12H,2-11,15H2,1H3;2*1H. The van der Waals surface area contributed by atoms with Crippen molar-refractivity contribution in [2.75, 3.05) is 52.4 Å². The molecule has 2 rings (SSSR count). The Morgan fingerprint density at radius 2 is 1.50 bits per heavy atom. The van der Waals surface area contributed by atoms with E-state index in [2.05, 4.69) is 4.90 Å². The number of likely N-dealkylation sites (tertiary alicyclic amines) is 1. The number of nitrogens with zero attached hydrogens (tertiary/aromatic N) is 3. The summed E-state index contributed by atoms with van der Waals surface area (Å²) in [7, 11) is 0. The molecule has 2 heterocycles. The number of hydrogen-bond acceptors (Lipinski definition) is 4. The fourth-order valence-corrected chi connectivity index (χ4v) is 2.80. The van der Waals surface area contributed by atoms with Gasteiger partial charge in [0.1, 0.15) is 0 Å².